The third-order valence-electron chi connectivity index (χ3n) is 4.01. The highest BCUT2D eigenvalue weighted by Gasteiger charge is 2.37. The Bertz CT molecular complexity index is 532. The van der Waals surface area contributed by atoms with Crippen molar-refractivity contribution in [2.24, 2.45) is 10.8 Å². The van der Waals surface area contributed by atoms with Crippen LogP contribution < -0.4 is 0 Å². The molecule has 0 radical (unpaired) electrons. The minimum absolute atomic E-state index is 0.0757. The van der Waals surface area contributed by atoms with E-state index in [2.05, 4.69) is 27.7 Å². The maximum Gasteiger partial charge on any atom is 0.453 e. The first-order chi connectivity index (χ1) is 10.4. The molecular formula is C18H28O4Si. The van der Waals surface area contributed by atoms with Gasteiger partial charge in [0.15, 0.2) is 11.6 Å². The predicted molar refractivity (Wildman–Crippen MR) is 91.9 cm³/mol. The molecule has 0 bridgehead atoms. The van der Waals surface area contributed by atoms with Gasteiger partial charge in [0.05, 0.1) is 11.5 Å². The van der Waals surface area contributed by atoms with Gasteiger partial charge in [-0.3, -0.25) is 9.59 Å². The van der Waals surface area contributed by atoms with Gasteiger partial charge in [0.1, 0.15) is 0 Å². The highest BCUT2D eigenvalue weighted by atomic mass is 28.4. The monoisotopic (exact) mass is 336 g/mol. The van der Waals surface area contributed by atoms with Gasteiger partial charge in [0.2, 0.25) is 0 Å². The van der Waals surface area contributed by atoms with Crippen LogP contribution in [0.15, 0.2) is 23.7 Å². The molecule has 128 valence electrons. The Hall–Kier alpha value is -1.36. The first kappa shape index (κ1) is 18.0. The summed E-state index contributed by atoms with van der Waals surface area (Å²) < 4.78 is 12.2. The molecule has 0 saturated heterocycles. The van der Waals surface area contributed by atoms with Crippen molar-refractivity contribution in [1.29, 1.82) is 0 Å². The number of ketones is 2. The molecule has 0 fully saturated rings. The molecule has 0 saturated carbocycles. The van der Waals surface area contributed by atoms with E-state index in [1.165, 1.54) is 0 Å². The second-order valence-corrected chi connectivity index (χ2v) is 12.0. The zero-order valence-electron chi connectivity index (χ0n) is 15.1. The SMILES string of the molecule is CC1(C)CC(=O)C=C(O[Si](C)(C)OC2=CC(=O)CC(C)(C)C2)C1. The van der Waals surface area contributed by atoms with Crippen molar-refractivity contribution >= 4 is 20.1 Å². The molecule has 2 aliphatic rings. The molecule has 5 heteroatoms. The maximum atomic E-state index is 11.9. The molecule has 0 N–H and O–H groups in total. The first-order valence-corrected chi connectivity index (χ1v) is 11.0. The van der Waals surface area contributed by atoms with Crippen molar-refractivity contribution < 1.29 is 18.4 Å². The second-order valence-electron chi connectivity index (χ2n) is 8.79. The molecule has 4 nitrogen and oxygen atoms in total. The summed E-state index contributed by atoms with van der Waals surface area (Å²) in [5, 5.41) is 0. The summed E-state index contributed by atoms with van der Waals surface area (Å²) in [6.07, 6.45) is 5.79. The van der Waals surface area contributed by atoms with Gasteiger partial charge in [-0.25, -0.2) is 0 Å². The van der Waals surface area contributed by atoms with Crippen LogP contribution in [-0.4, -0.2) is 20.1 Å². The minimum atomic E-state index is -2.50. The molecule has 23 heavy (non-hydrogen) atoms. The third-order valence-corrected chi connectivity index (χ3v) is 5.52. The number of rotatable bonds is 4. The third kappa shape index (κ3) is 5.34. The zero-order chi connectivity index (χ0) is 17.5. The molecule has 0 unspecified atom stereocenters. The van der Waals surface area contributed by atoms with Crippen molar-refractivity contribution in [2.45, 2.75) is 66.5 Å². The quantitative estimate of drug-likeness (QED) is 0.720. The van der Waals surface area contributed by atoms with Crippen LogP contribution in [0.3, 0.4) is 0 Å². The van der Waals surface area contributed by atoms with Crippen LogP contribution >= 0.6 is 0 Å². The normalized spacial score (nSPS) is 23.9. The number of carbonyl (C=O) groups is 2. The largest absolute Gasteiger partial charge is 0.516 e. The summed E-state index contributed by atoms with van der Waals surface area (Å²) >= 11 is 0. The minimum Gasteiger partial charge on any atom is -0.516 e. The zero-order valence-corrected chi connectivity index (χ0v) is 16.1. The van der Waals surface area contributed by atoms with Gasteiger partial charge in [-0.15, -0.1) is 0 Å². The van der Waals surface area contributed by atoms with E-state index in [0.717, 1.165) is 12.8 Å². The standard InChI is InChI=1S/C18H28O4Si/c1-17(2)9-13(19)7-15(11-17)21-23(5,6)22-16-8-14(20)10-18(3,4)12-16/h7-8H,9-12H2,1-6H3. The van der Waals surface area contributed by atoms with Crippen LogP contribution in [0.2, 0.25) is 13.1 Å². The van der Waals surface area contributed by atoms with E-state index in [1.54, 1.807) is 12.2 Å². The molecule has 0 aromatic rings. The maximum absolute atomic E-state index is 11.9. The summed E-state index contributed by atoms with van der Waals surface area (Å²) in [6, 6.07) is 0. The molecule has 2 aliphatic carbocycles. The van der Waals surface area contributed by atoms with Crippen LogP contribution in [0.4, 0.5) is 0 Å². The second kappa shape index (κ2) is 5.93. The van der Waals surface area contributed by atoms with E-state index in [1.807, 2.05) is 13.1 Å². The van der Waals surface area contributed by atoms with Gasteiger partial charge in [-0.05, 0) is 10.8 Å². The molecule has 0 heterocycles. The fourth-order valence-corrected chi connectivity index (χ4v) is 4.92. The summed E-state index contributed by atoms with van der Waals surface area (Å²) in [5.41, 5.74) is -0.151. The molecule has 0 atom stereocenters. The number of hydrogen-bond acceptors (Lipinski definition) is 4. The molecule has 0 aromatic carbocycles. The topological polar surface area (TPSA) is 52.6 Å². The Morgan fingerprint density at radius 1 is 0.783 bits per heavy atom. The average molecular weight is 337 g/mol. The first-order valence-electron chi connectivity index (χ1n) is 8.21. The van der Waals surface area contributed by atoms with Gasteiger partial charge in [0, 0.05) is 50.9 Å². The highest BCUT2D eigenvalue weighted by molar-refractivity contribution is 6.65. The molecule has 0 spiro atoms. The van der Waals surface area contributed by atoms with Crippen molar-refractivity contribution in [3.8, 4) is 0 Å². The van der Waals surface area contributed by atoms with E-state index in [9.17, 15) is 9.59 Å². The lowest BCUT2D eigenvalue weighted by molar-refractivity contribution is -0.118. The van der Waals surface area contributed by atoms with Crippen LogP contribution in [-0.2, 0) is 18.4 Å². The fraction of sp³-hybridized carbons (Fsp3) is 0.667. The van der Waals surface area contributed by atoms with Crippen molar-refractivity contribution in [2.75, 3.05) is 0 Å². The van der Waals surface area contributed by atoms with Crippen molar-refractivity contribution in [3.63, 3.8) is 0 Å². The van der Waals surface area contributed by atoms with Crippen molar-refractivity contribution in [1.82, 2.24) is 0 Å². The van der Waals surface area contributed by atoms with E-state index < -0.39 is 8.56 Å². The fourth-order valence-electron chi connectivity index (χ4n) is 3.36. The van der Waals surface area contributed by atoms with E-state index in [4.69, 9.17) is 8.85 Å². The van der Waals surface area contributed by atoms with E-state index in [-0.39, 0.29) is 22.4 Å². The van der Waals surface area contributed by atoms with Crippen LogP contribution in [0.25, 0.3) is 0 Å². The summed E-state index contributed by atoms with van der Waals surface area (Å²) in [7, 11) is -2.50. The molecule has 0 amide bonds. The van der Waals surface area contributed by atoms with Crippen LogP contribution in [0, 0.1) is 10.8 Å². The number of hydrogen-bond donors (Lipinski definition) is 0. The molecular weight excluding hydrogens is 308 g/mol. The highest BCUT2D eigenvalue weighted by Crippen LogP contribution is 2.38. The van der Waals surface area contributed by atoms with Gasteiger partial charge >= 0.3 is 8.56 Å². The summed E-state index contributed by atoms with van der Waals surface area (Å²) in [5.74, 6) is 1.64. The lowest BCUT2D eigenvalue weighted by Gasteiger charge is -2.35. The van der Waals surface area contributed by atoms with Gasteiger partial charge in [0.25, 0.3) is 0 Å². The lowest BCUT2D eigenvalue weighted by atomic mass is 9.80. The summed E-state index contributed by atoms with van der Waals surface area (Å²) in [4.78, 5) is 23.7. The van der Waals surface area contributed by atoms with Gasteiger partial charge < -0.3 is 8.85 Å². The Morgan fingerprint density at radius 3 is 1.43 bits per heavy atom. The number of allylic oxidation sites excluding steroid dienone is 4. The average Bonchev–Trinajstić information content (AvgIpc) is 2.19. The van der Waals surface area contributed by atoms with Crippen LogP contribution in [0.5, 0.6) is 0 Å². The molecule has 2 rings (SSSR count). The summed E-state index contributed by atoms with van der Waals surface area (Å²) in [6.45, 7) is 12.2. The Balaban J connectivity index is 2.08. The lowest BCUT2D eigenvalue weighted by Crippen LogP contribution is -2.38. The van der Waals surface area contributed by atoms with E-state index >= 15 is 0 Å². The van der Waals surface area contributed by atoms with Gasteiger partial charge in [-0.1, -0.05) is 27.7 Å². The Labute approximate surface area is 140 Å². The number of carbonyl (C=O) groups excluding carboxylic acids is 2. The Morgan fingerprint density at radius 2 is 1.13 bits per heavy atom. The van der Waals surface area contributed by atoms with Crippen LogP contribution in [0.1, 0.15) is 53.4 Å². The molecule has 0 aromatic heterocycles. The van der Waals surface area contributed by atoms with Crippen molar-refractivity contribution in [3.05, 3.63) is 23.7 Å². The van der Waals surface area contributed by atoms with E-state index in [0.29, 0.717) is 24.4 Å². The Kier molecular flexibility index (Phi) is 4.64. The smallest absolute Gasteiger partial charge is 0.453 e. The molecule has 0 aliphatic heterocycles. The predicted octanol–water partition coefficient (Wildman–Crippen LogP) is 4.27. The van der Waals surface area contributed by atoms with Gasteiger partial charge in [-0.2, -0.15) is 0 Å².